The molecular weight excluding hydrogens is 624 g/mol. The minimum atomic E-state index is -1.02. The normalized spacial score (nSPS) is 19.2. The van der Waals surface area contributed by atoms with Gasteiger partial charge in [-0.15, -0.1) is 0 Å². The Kier molecular flexibility index (Phi) is 13.7. The van der Waals surface area contributed by atoms with Crippen molar-refractivity contribution < 1.29 is 33.3 Å². The van der Waals surface area contributed by atoms with Crippen LogP contribution in [0.1, 0.15) is 120 Å². The number of amides is 2. The third-order valence-electron chi connectivity index (χ3n) is 9.37. The van der Waals surface area contributed by atoms with Crippen LogP contribution in [-0.4, -0.2) is 76.4 Å². The van der Waals surface area contributed by atoms with E-state index in [-0.39, 0.29) is 24.3 Å². The van der Waals surface area contributed by atoms with Crippen molar-refractivity contribution in [1.82, 2.24) is 20.0 Å². The van der Waals surface area contributed by atoms with E-state index >= 15 is 0 Å². The Morgan fingerprint density at radius 1 is 1.10 bits per heavy atom. The highest BCUT2D eigenvalue weighted by Crippen LogP contribution is 2.42. The summed E-state index contributed by atoms with van der Waals surface area (Å²) in [6.45, 7) is 22.4. The van der Waals surface area contributed by atoms with Gasteiger partial charge in [0.15, 0.2) is 0 Å². The maximum Gasteiger partial charge on any atom is 0.412 e. The zero-order valence-electron chi connectivity index (χ0n) is 32.1. The van der Waals surface area contributed by atoms with Gasteiger partial charge >= 0.3 is 12.1 Å². The van der Waals surface area contributed by atoms with E-state index in [1.807, 2.05) is 71.5 Å². The number of hydrogen-bond donors (Lipinski definition) is 1. The van der Waals surface area contributed by atoms with Gasteiger partial charge < -0.3 is 24.3 Å². The molecule has 0 spiro atoms. The maximum atomic E-state index is 13.9. The summed E-state index contributed by atoms with van der Waals surface area (Å²) in [6, 6.07) is 5.56. The molecule has 3 rings (SSSR count). The fraction of sp³-hybridized carbons (Fsp3) is 0.737. The summed E-state index contributed by atoms with van der Waals surface area (Å²) >= 11 is 0. The van der Waals surface area contributed by atoms with E-state index in [1.165, 1.54) is 6.92 Å². The van der Waals surface area contributed by atoms with Crippen LogP contribution in [0.4, 0.5) is 4.79 Å². The van der Waals surface area contributed by atoms with Crippen molar-refractivity contribution in [3.63, 3.8) is 0 Å². The minimum absolute atomic E-state index is 0.0408. The molecule has 0 saturated carbocycles. The number of ether oxygens (including phenoxy) is 4. The number of nitrogens with zero attached hydrogens (tertiary/aromatic N) is 3. The Labute approximate surface area is 293 Å². The first kappa shape index (κ1) is 40.3. The predicted octanol–water partition coefficient (Wildman–Crippen LogP) is 7.41. The van der Waals surface area contributed by atoms with Crippen molar-refractivity contribution in [2.24, 2.45) is 17.3 Å². The molecule has 1 fully saturated rings. The van der Waals surface area contributed by atoms with Gasteiger partial charge in [-0.1, -0.05) is 59.6 Å². The summed E-state index contributed by atoms with van der Waals surface area (Å²) in [5, 5.41) is 8.72. The Bertz CT molecular complexity index is 1410. The second-order valence-electron chi connectivity index (χ2n) is 15.9. The first-order valence-electron chi connectivity index (χ1n) is 17.9. The van der Waals surface area contributed by atoms with Crippen LogP contribution in [0.25, 0.3) is 10.9 Å². The average molecular weight is 687 g/mol. The number of benzene rings is 1. The molecule has 1 aromatic carbocycles. The monoisotopic (exact) mass is 686 g/mol. The zero-order valence-corrected chi connectivity index (χ0v) is 32.1. The van der Waals surface area contributed by atoms with Crippen molar-refractivity contribution in [2.75, 3.05) is 20.3 Å². The molecule has 1 N–H and O–H groups in total. The quantitative estimate of drug-likeness (QED) is 0.143. The lowest BCUT2D eigenvalue weighted by Gasteiger charge is -2.38. The van der Waals surface area contributed by atoms with Gasteiger partial charge in [-0.05, 0) is 71.4 Å². The number of unbranched alkanes of at least 4 members (excludes halogenated alkanes) is 1. The van der Waals surface area contributed by atoms with Gasteiger partial charge in [-0.25, -0.2) is 4.79 Å². The second-order valence-corrected chi connectivity index (χ2v) is 15.9. The van der Waals surface area contributed by atoms with E-state index in [0.29, 0.717) is 19.6 Å². The Hall–Kier alpha value is -3.18. The lowest BCUT2D eigenvalue weighted by molar-refractivity contribution is -0.151. The number of methoxy groups -OCH3 is 1. The molecule has 11 nitrogen and oxygen atoms in total. The van der Waals surface area contributed by atoms with Crippen molar-refractivity contribution in [2.45, 2.75) is 144 Å². The van der Waals surface area contributed by atoms with Gasteiger partial charge in [-0.2, -0.15) is 5.10 Å². The molecular formula is C38H62N4O7. The lowest BCUT2D eigenvalue weighted by Crippen LogP contribution is -2.52. The largest absolute Gasteiger partial charge is 0.457 e. The standard InChI is InChI=1S/C38H62N4O7/c1-13-14-18-37(8,9)34(44)39-24-32-31(42(38(10,11)48-32)35(45)49-36(5,6)7)22-29(25(2)3)33(47-26(4)43)27-16-17-28-23-40-41(30(28)21-27)19-15-20-46-12/h16-17,21,23,25,29,31-33H,13-15,18-20,22,24H2,1-12H3,(H,39,44)/t29-,31?,32?,33?/m0/s1. The fourth-order valence-corrected chi connectivity index (χ4v) is 6.74. The summed E-state index contributed by atoms with van der Waals surface area (Å²) in [6.07, 6.45) is 4.18. The second kappa shape index (κ2) is 16.7. The van der Waals surface area contributed by atoms with Crippen LogP contribution in [0, 0.1) is 17.3 Å². The Morgan fingerprint density at radius 3 is 2.39 bits per heavy atom. The van der Waals surface area contributed by atoms with Gasteiger partial charge in [0.2, 0.25) is 5.91 Å². The van der Waals surface area contributed by atoms with E-state index in [4.69, 9.17) is 18.9 Å². The van der Waals surface area contributed by atoms with Crippen molar-refractivity contribution in [3.8, 4) is 0 Å². The molecule has 1 aliphatic heterocycles. The third kappa shape index (κ3) is 10.7. The van der Waals surface area contributed by atoms with Crippen LogP contribution in [0.5, 0.6) is 0 Å². The van der Waals surface area contributed by atoms with Crippen molar-refractivity contribution >= 4 is 28.9 Å². The topological polar surface area (TPSA) is 121 Å². The van der Waals surface area contributed by atoms with E-state index in [1.54, 1.807) is 12.0 Å². The van der Waals surface area contributed by atoms with Gasteiger partial charge in [0.25, 0.3) is 0 Å². The van der Waals surface area contributed by atoms with Gasteiger partial charge in [-0.3, -0.25) is 19.2 Å². The van der Waals surface area contributed by atoms with E-state index in [9.17, 15) is 14.4 Å². The highest BCUT2D eigenvalue weighted by molar-refractivity contribution is 5.82. The number of rotatable bonds is 16. The number of carbonyl (C=O) groups excluding carboxylic acids is 3. The number of aromatic nitrogens is 2. The molecule has 0 bridgehead atoms. The first-order valence-corrected chi connectivity index (χ1v) is 17.9. The highest BCUT2D eigenvalue weighted by Gasteiger charge is 2.52. The van der Waals surface area contributed by atoms with Gasteiger partial charge in [0.1, 0.15) is 17.4 Å². The molecule has 2 heterocycles. The lowest BCUT2D eigenvalue weighted by atomic mass is 9.80. The SMILES string of the molecule is CCCCC(C)(C)C(=O)NCC1OC(C)(C)N(C(=O)OC(C)(C)C)C1C[C@@H](C(C)C)C(OC(C)=O)c1ccc2cnn(CCCOC)c2c1. The molecule has 1 aliphatic rings. The summed E-state index contributed by atoms with van der Waals surface area (Å²) < 4.78 is 25.9. The van der Waals surface area contributed by atoms with Gasteiger partial charge in [0.05, 0.1) is 23.9 Å². The number of aryl methyl sites for hydroxylation is 1. The smallest absolute Gasteiger partial charge is 0.412 e. The molecule has 2 amide bonds. The maximum absolute atomic E-state index is 13.9. The zero-order chi connectivity index (χ0) is 36.7. The molecule has 4 atom stereocenters. The van der Waals surface area contributed by atoms with Crippen LogP contribution >= 0.6 is 0 Å². The van der Waals surface area contributed by atoms with Crippen LogP contribution < -0.4 is 5.32 Å². The molecule has 0 aliphatic carbocycles. The molecule has 276 valence electrons. The van der Waals surface area contributed by atoms with Crippen molar-refractivity contribution in [1.29, 1.82) is 0 Å². The number of fused-ring (bicyclic) bond motifs is 1. The first-order chi connectivity index (χ1) is 22.8. The number of nitrogens with one attached hydrogen (secondary N) is 1. The molecule has 49 heavy (non-hydrogen) atoms. The molecule has 1 aromatic heterocycles. The molecule has 0 radical (unpaired) electrons. The van der Waals surface area contributed by atoms with Gasteiger partial charge in [0, 0.05) is 50.4 Å². The van der Waals surface area contributed by atoms with Crippen LogP contribution in [0.15, 0.2) is 24.4 Å². The van der Waals surface area contributed by atoms with E-state index in [2.05, 4.69) is 37.3 Å². The van der Waals surface area contributed by atoms with Crippen LogP contribution in [-0.2, 0) is 35.1 Å². The average Bonchev–Trinajstić information content (AvgIpc) is 3.51. The predicted molar refractivity (Wildman–Crippen MR) is 191 cm³/mol. The summed E-state index contributed by atoms with van der Waals surface area (Å²) in [7, 11) is 1.68. The highest BCUT2D eigenvalue weighted by atomic mass is 16.6. The Morgan fingerprint density at radius 2 is 1.80 bits per heavy atom. The Balaban J connectivity index is 2.04. The fourth-order valence-electron chi connectivity index (χ4n) is 6.74. The number of hydrogen-bond acceptors (Lipinski definition) is 8. The minimum Gasteiger partial charge on any atom is -0.457 e. The van der Waals surface area contributed by atoms with E-state index in [0.717, 1.165) is 42.1 Å². The third-order valence-corrected chi connectivity index (χ3v) is 9.37. The number of carbonyl (C=O) groups is 3. The summed E-state index contributed by atoms with van der Waals surface area (Å²) in [5.74, 6) is -0.628. The number of esters is 1. The summed E-state index contributed by atoms with van der Waals surface area (Å²) in [5.41, 5.74) is -0.501. The molecule has 11 heteroatoms. The van der Waals surface area contributed by atoms with Crippen LogP contribution in [0.2, 0.25) is 0 Å². The molecule has 2 aromatic rings. The van der Waals surface area contributed by atoms with Crippen LogP contribution in [0.3, 0.4) is 0 Å². The van der Waals surface area contributed by atoms with Crippen molar-refractivity contribution in [3.05, 3.63) is 30.0 Å². The molecule has 1 saturated heterocycles. The summed E-state index contributed by atoms with van der Waals surface area (Å²) in [4.78, 5) is 41.7. The van der Waals surface area contributed by atoms with E-state index < -0.39 is 47.1 Å². The molecule has 3 unspecified atom stereocenters.